The molecule has 1 saturated carbocycles. The lowest BCUT2D eigenvalue weighted by atomic mass is 9.60. The van der Waals surface area contributed by atoms with Gasteiger partial charge in [0.05, 0.1) is 6.10 Å². The average molecular weight is 478 g/mol. The third kappa shape index (κ3) is 6.38. The van der Waals surface area contributed by atoms with Gasteiger partial charge in [-0.05, 0) is 79.2 Å². The maximum absolute atomic E-state index is 5.66. The lowest BCUT2D eigenvalue weighted by Gasteiger charge is -2.46. The lowest BCUT2D eigenvalue weighted by molar-refractivity contribution is 0.0970. The Labute approximate surface area is 209 Å². The molecule has 5 heteroatoms. The second kappa shape index (κ2) is 10.7. The summed E-state index contributed by atoms with van der Waals surface area (Å²) < 4.78 is 5.66. The Morgan fingerprint density at radius 2 is 1.61 bits per heavy atom. The van der Waals surface area contributed by atoms with Gasteiger partial charge in [0.1, 0.15) is 0 Å². The van der Waals surface area contributed by atoms with Crippen molar-refractivity contribution < 1.29 is 4.74 Å². The van der Waals surface area contributed by atoms with Crippen LogP contribution >= 0.6 is 12.4 Å². The molecule has 33 heavy (non-hydrogen) atoms. The quantitative estimate of drug-likeness (QED) is 0.486. The number of halogens is 1. The van der Waals surface area contributed by atoms with Crippen molar-refractivity contribution in [1.82, 2.24) is 4.90 Å². The Balaban J connectivity index is 0.00000306. The van der Waals surface area contributed by atoms with E-state index < -0.39 is 0 Å². The van der Waals surface area contributed by atoms with Crippen LogP contribution < -0.4 is 9.80 Å². The molecular weight excluding hydrogens is 430 g/mol. The molecule has 1 aliphatic carbocycles. The predicted octanol–water partition coefficient (Wildman–Crippen LogP) is 6.19. The Morgan fingerprint density at radius 3 is 2.18 bits per heavy atom. The van der Waals surface area contributed by atoms with Crippen molar-refractivity contribution in [1.29, 1.82) is 0 Å². The highest BCUT2D eigenvalue weighted by atomic mass is 35.5. The first kappa shape index (κ1) is 26.6. The molecule has 0 spiro atoms. The normalized spacial score (nSPS) is 25.8. The fraction of sp³-hybridized carbons (Fsp3) is 0.786. The highest BCUT2D eigenvalue weighted by Gasteiger charge is 2.40. The zero-order valence-electron chi connectivity index (χ0n) is 22.0. The summed E-state index contributed by atoms with van der Waals surface area (Å²) in [6.45, 7) is 20.3. The van der Waals surface area contributed by atoms with Gasteiger partial charge in [-0.25, -0.2) is 0 Å². The van der Waals surface area contributed by atoms with Crippen LogP contribution in [0.15, 0.2) is 18.2 Å². The predicted molar refractivity (Wildman–Crippen MR) is 144 cm³/mol. The van der Waals surface area contributed by atoms with Crippen molar-refractivity contribution in [3.8, 4) is 0 Å². The molecule has 0 radical (unpaired) electrons. The van der Waals surface area contributed by atoms with Crippen LogP contribution in [0.4, 0.5) is 11.4 Å². The standard InChI is InChI=1S/C28H47N3O.ClH/c1-7-11-29-13-15-30(16-14-29)26-9-8-23(31-12-10-24(20-31)32-6)17-25(26)22-18-27(2,3)21-28(4,5)19-22;/h8-9,17,22,24H,7,10-16,18-21H2,1-6H3;1H/t24-;/m1./s1. The topological polar surface area (TPSA) is 19.0 Å². The average Bonchev–Trinajstić information content (AvgIpc) is 3.21. The van der Waals surface area contributed by atoms with Crippen molar-refractivity contribution in [2.75, 3.05) is 62.7 Å². The van der Waals surface area contributed by atoms with E-state index in [1.807, 2.05) is 7.11 Å². The number of piperazine rings is 1. The van der Waals surface area contributed by atoms with Crippen molar-refractivity contribution in [2.24, 2.45) is 10.8 Å². The van der Waals surface area contributed by atoms with Gasteiger partial charge in [0.2, 0.25) is 0 Å². The molecule has 0 amide bonds. The summed E-state index contributed by atoms with van der Waals surface area (Å²) >= 11 is 0. The van der Waals surface area contributed by atoms with E-state index in [2.05, 4.69) is 67.5 Å². The molecule has 188 valence electrons. The van der Waals surface area contributed by atoms with Crippen LogP contribution in [-0.4, -0.2) is 63.9 Å². The molecule has 4 rings (SSSR count). The fourth-order valence-electron chi connectivity index (χ4n) is 7.10. The van der Waals surface area contributed by atoms with Crippen LogP contribution in [0.2, 0.25) is 0 Å². The largest absolute Gasteiger partial charge is 0.380 e. The van der Waals surface area contributed by atoms with Gasteiger partial charge in [-0.2, -0.15) is 0 Å². The number of hydrogen-bond acceptors (Lipinski definition) is 4. The number of rotatable bonds is 6. The van der Waals surface area contributed by atoms with E-state index in [4.69, 9.17) is 4.74 Å². The third-order valence-corrected chi connectivity index (χ3v) is 8.10. The van der Waals surface area contributed by atoms with Crippen LogP contribution in [-0.2, 0) is 4.74 Å². The number of methoxy groups -OCH3 is 1. The van der Waals surface area contributed by atoms with Gasteiger partial charge in [-0.1, -0.05) is 34.6 Å². The van der Waals surface area contributed by atoms with Gasteiger partial charge in [0.15, 0.2) is 0 Å². The molecule has 3 fully saturated rings. The molecule has 1 atom stereocenters. The number of ether oxygens (including phenoxy) is 1. The van der Waals surface area contributed by atoms with E-state index in [1.54, 1.807) is 5.56 Å². The first-order chi connectivity index (χ1) is 15.2. The molecule has 2 saturated heterocycles. The smallest absolute Gasteiger partial charge is 0.0762 e. The van der Waals surface area contributed by atoms with Crippen molar-refractivity contribution >= 4 is 23.8 Å². The van der Waals surface area contributed by atoms with E-state index >= 15 is 0 Å². The van der Waals surface area contributed by atoms with Crippen molar-refractivity contribution in [3.05, 3.63) is 23.8 Å². The number of hydrogen-bond donors (Lipinski definition) is 0. The summed E-state index contributed by atoms with van der Waals surface area (Å²) in [5.74, 6) is 0.637. The highest BCUT2D eigenvalue weighted by Crippen LogP contribution is 2.53. The molecule has 1 aromatic carbocycles. The molecule has 0 N–H and O–H groups in total. The number of anilines is 2. The molecule has 0 bridgehead atoms. The minimum Gasteiger partial charge on any atom is -0.380 e. The van der Waals surface area contributed by atoms with Gasteiger partial charge in [-0.3, -0.25) is 4.90 Å². The SMILES string of the molecule is CCCN1CCN(c2ccc(N3CC[C@@H](OC)C3)cc2C2CC(C)(C)CC(C)(C)C2)CC1.Cl. The minimum absolute atomic E-state index is 0. The molecule has 4 nitrogen and oxygen atoms in total. The van der Waals surface area contributed by atoms with Gasteiger partial charge in [0, 0.05) is 57.8 Å². The fourth-order valence-corrected chi connectivity index (χ4v) is 7.10. The van der Waals surface area contributed by atoms with E-state index in [0.717, 1.165) is 32.6 Å². The first-order valence-corrected chi connectivity index (χ1v) is 13.1. The molecule has 2 aliphatic heterocycles. The van der Waals surface area contributed by atoms with Crippen LogP contribution in [0, 0.1) is 10.8 Å². The number of nitrogens with zero attached hydrogens (tertiary/aromatic N) is 3. The lowest BCUT2D eigenvalue weighted by Crippen LogP contribution is -2.47. The van der Waals surface area contributed by atoms with Gasteiger partial charge in [0.25, 0.3) is 0 Å². The van der Waals surface area contributed by atoms with E-state index in [1.165, 1.54) is 56.7 Å². The summed E-state index contributed by atoms with van der Waals surface area (Å²) in [4.78, 5) is 7.86. The molecule has 0 aromatic heterocycles. The summed E-state index contributed by atoms with van der Waals surface area (Å²) in [5, 5.41) is 0. The maximum atomic E-state index is 5.66. The maximum Gasteiger partial charge on any atom is 0.0762 e. The summed E-state index contributed by atoms with van der Waals surface area (Å²) in [5.41, 5.74) is 5.30. The minimum atomic E-state index is 0. The van der Waals surface area contributed by atoms with Crippen LogP contribution in [0.25, 0.3) is 0 Å². The highest BCUT2D eigenvalue weighted by molar-refractivity contribution is 5.85. The summed E-state index contributed by atoms with van der Waals surface area (Å²) in [6, 6.07) is 7.40. The van der Waals surface area contributed by atoms with Crippen LogP contribution in [0.1, 0.15) is 78.2 Å². The Kier molecular flexibility index (Phi) is 8.67. The van der Waals surface area contributed by atoms with E-state index in [0.29, 0.717) is 22.9 Å². The van der Waals surface area contributed by atoms with Gasteiger partial charge < -0.3 is 14.5 Å². The summed E-state index contributed by atoms with van der Waals surface area (Å²) in [6.07, 6.45) is 6.67. The van der Waals surface area contributed by atoms with Crippen LogP contribution in [0.5, 0.6) is 0 Å². The third-order valence-electron chi connectivity index (χ3n) is 8.10. The molecule has 1 aromatic rings. The molecule has 0 unspecified atom stereocenters. The van der Waals surface area contributed by atoms with Gasteiger partial charge in [-0.15, -0.1) is 12.4 Å². The Hall–Kier alpha value is -0.970. The van der Waals surface area contributed by atoms with Gasteiger partial charge >= 0.3 is 0 Å². The Morgan fingerprint density at radius 1 is 0.939 bits per heavy atom. The van der Waals surface area contributed by atoms with Crippen molar-refractivity contribution in [2.45, 2.75) is 78.7 Å². The van der Waals surface area contributed by atoms with E-state index in [9.17, 15) is 0 Å². The van der Waals surface area contributed by atoms with Crippen LogP contribution in [0.3, 0.4) is 0 Å². The van der Waals surface area contributed by atoms with E-state index in [-0.39, 0.29) is 12.4 Å². The number of benzene rings is 1. The second-order valence-corrected chi connectivity index (χ2v) is 12.3. The molecule has 2 heterocycles. The second-order valence-electron chi connectivity index (χ2n) is 12.3. The first-order valence-electron chi connectivity index (χ1n) is 13.1. The van der Waals surface area contributed by atoms with Crippen molar-refractivity contribution in [3.63, 3.8) is 0 Å². The molecular formula is C28H48ClN3O. The molecule has 3 aliphatic rings. The zero-order valence-corrected chi connectivity index (χ0v) is 22.8. The zero-order chi connectivity index (χ0) is 22.9. The monoisotopic (exact) mass is 477 g/mol. The Bertz CT molecular complexity index is 756. The summed E-state index contributed by atoms with van der Waals surface area (Å²) in [7, 11) is 1.85.